The lowest BCUT2D eigenvalue weighted by Gasteiger charge is -2.04. The van der Waals surface area contributed by atoms with Crippen LogP contribution in [0.3, 0.4) is 0 Å². The summed E-state index contributed by atoms with van der Waals surface area (Å²) in [6.07, 6.45) is 3.78. The Bertz CT molecular complexity index is 291. The zero-order valence-electron chi connectivity index (χ0n) is 9.84. The zero-order valence-corrected chi connectivity index (χ0v) is 12.2. The Balaban J connectivity index is 2.05. The third kappa shape index (κ3) is 5.92. The molecule has 0 saturated heterocycles. The van der Waals surface area contributed by atoms with Gasteiger partial charge in [-0.25, -0.2) is 0 Å². The van der Waals surface area contributed by atoms with Crippen molar-refractivity contribution in [2.24, 2.45) is 0 Å². The first-order chi connectivity index (χ1) is 7.84. The van der Waals surface area contributed by atoms with Gasteiger partial charge < -0.3 is 5.32 Å². The van der Waals surface area contributed by atoms with Crippen LogP contribution in [-0.4, -0.2) is 18.8 Å². The maximum Gasteiger partial charge on any atom is 0.0311 e. The average molecular weight is 302 g/mol. The van der Waals surface area contributed by atoms with Gasteiger partial charge in [-0.15, -0.1) is 11.8 Å². The van der Waals surface area contributed by atoms with Crippen molar-refractivity contribution in [2.45, 2.75) is 31.1 Å². The molecule has 0 atom stereocenters. The molecule has 1 rings (SSSR count). The largest absolute Gasteiger partial charge is 0.317 e. The molecule has 0 radical (unpaired) electrons. The minimum Gasteiger partial charge on any atom is -0.317 e. The van der Waals surface area contributed by atoms with Crippen LogP contribution in [0.25, 0.3) is 0 Å². The van der Waals surface area contributed by atoms with Gasteiger partial charge in [-0.2, -0.15) is 0 Å². The van der Waals surface area contributed by atoms with Crippen LogP contribution in [-0.2, 0) is 0 Å². The maximum atomic E-state index is 3.57. The van der Waals surface area contributed by atoms with Crippen LogP contribution in [0.15, 0.2) is 33.6 Å². The summed E-state index contributed by atoms with van der Waals surface area (Å²) in [6.45, 7) is 4.51. The highest BCUT2D eigenvalue weighted by Gasteiger charge is 1.98. The van der Waals surface area contributed by atoms with Crippen LogP contribution in [0.1, 0.15) is 26.2 Å². The standard InChI is InChI=1S/C13H20BrNS/c1-2-9-15-10-5-6-11-16-13-8-4-3-7-12(13)14/h3-4,7-8,15H,2,5-6,9-11H2,1H3. The normalized spacial score (nSPS) is 10.6. The molecule has 90 valence electrons. The van der Waals surface area contributed by atoms with E-state index in [2.05, 4.69) is 52.4 Å². The van der Waals surface area contributed by atoms with Crippen molar-refractivity contribution in [1.29, 1.82) is 0 Å². The minimum absolute atomic E-state index is 1.15. The Labute approximate surface area is 112 Å². The Morgan fingerprint density at radius 1 is 1.19 bits per heavy atom. The summed E-state index contributed by atoms with van der Waals surface area (Å²) in [4.78, 5) is 1.35. The lowest BCUT2D eigenvalue weighted by atomic mass is 10.3. The van der Waals surface area contributed by atoms with Crippen LogP contribution < -0.4 is 5.32 Å². The van der Waals surface area contributed by atoms with Crippen LogP contribution in [0.2, 0.25) is 0 Å². The van der Waals surface area contributed by atoms with Crippen molar-refractivity contribution in [3.63, 3.8) is 0 Å². The fourth-order valence-electron chi connectivity index (χ4n) is 1.40. The molecule has 0 aliphatic carbocycles. The minimum atomic E-state index is 1.15. The maximum absolute atomic E-state index is 3.57. The smallest absolute Gasteiger partial charge is 0.0311 e. The number of halogens is 1. The predicted octanol–water partition coefficient (Wildman–Crippen LogP) is 4.32. The second kappa shape index (κ2) is 9.08. The summed E-state index contributed by atoms with van der Waals surface area (Å²) in [5.41, 5.74) is 0. The fraction of sp³-hybridized carbons (Fsp3) is 0.538. The first-order valence-electron chi connectivity index (χ1n) is 5.92. The summed E-state index contributed by atoms with van der Waals surface area (Å²) < 4.78 is 1.21. The van der Waals surface area contributed by atoms with Crippen molar-refractivity contribution in [3.8, 4) is 0 Å². The summed E-state index contributed by atoms with van der Waals surface area (Å²) in [5.74, 6) is 1.20. The fourth-order valence-corrected chi connectivity index (χ4v) is 2.98. The molecule has 0 saturated carbocycles. The van der Waals surface area contributed by atoms with E-state index in [-0.39, 0.29) is 0 Å². The molecule has 1 N–H and O–H groups in total. The monoisotopic (exact) mass is 301 g/mol. The number of rotatable bonds is 8. The van der Waals surface area contributed by atoms with E-state index in [9.17, 15) is 0 Å². The van der Waals surface area contributed by atoms with Gasteiger partial charge in [0.05, 0.1) is 0 Å². The number of hydrogen-bond donors (Lipinski definition) is 1. The highest BCUT2D eigenvalue weighted by molar-refractivity contribution is 9.10. The Kier molecular flexibility index (Phi) is 7.99. The lowest BCUT2D eigenvalue weighted by molar-refractivity contribution is 0.635. The van der Waals surface area contributed by atoms with Gasteiger partial charge >= 0.3 is 0 Å². The third-order valence-electron chi connectivity index (χ3n) is 2.27. The Morgan fingerprint density at radius 2 is 2.00 bits per heavy atom. The van der Waals surface area contributed by atoms with Crippen molar-refractivity contribution in [2.75, 3.05) is 18.8 Å². The highest BCUT2D eigenvalue weighted by Crippen LogP contribution is 2.27. The Morgan fingerprint density at radius 3 is 2.75 bits per heavy atom. The van der Waals surface area contributed by atoms with Gasteiger partial charge in [0.15, 0.2) is 0 Å². The number of nitrogens with one attached hydrogen (secondary N) is 1. The molecule has 1 aromatic rings. The van der Waals surface area contributed by atoms with Gasteiger partial charge in [-0.1, -0.05) is 19.1 Å². The molecule has 0 bridgehead atoms. The van der Waals surface area contributed by atoms with E-state index >= 15 is 0 Å². The van der Waals surface area contributed by atoms with Crippen LogP contribution in [0.4, 0.5) is 0 Å². The summed E-state index contributed by atoms with van der Waals surface area (Å²) >= 11 is 5.50. The number of thioether (sulfide) groups is 1. The molecule has 0 heterocycles. The van der Waals surface area contributed by atoms with Gasteiger partial charge in [0, 0.05) is 9.37 Å². The number of hydrogen-bond acceptors (Lipinski definition) is 2. The average Bonchev–Trinajstić information content (AvgIpc) is 2.30. The first kappa shape index (κ1) is 14.1. The molecule has 0 aliphatic rings. The molecular formula is C13H20BrNS. The lowest BCUT2D eigenvalue weighted by Crippen LogP contribution is -2.15. The van der Waals surface area contributed by atoms with Gasteiger partial charge in [0.25, 0.3) is 0 Å². The van der Waals surface area contributed by atoms with Crippen molar-refractivity contribution >= 4 is 27.7 Å². The van der Waals surface area contributed by atoms with E-state index < -0.39 is 0 Å². The molecule has 16 heavy (non-hydrogen) atoms. The molecule has 3 heteroatoms. The SMILES string of the molecule is CCCNCCCCSc1ccccc1Br. The highest BCUT2D eigenvalue weighted by atomic mass is 79.9. The van der Waals surface area contributed by atoms with Crippen molar-refractivity contribution in [1.82, 2.24) is 5.32 Å². The van der Waals surface area contributed by atoms with Gasteiger partial charge in [0.2, 0.25) is 0 Å². The molecule has 0 fully saturated rings. The van der Waals surface area contributed by atoms with Crippen LogP contribution in [0, 0.1) is 0 Å². The molecule has 1 nitrogen and oxygen atoms in total. The van der Waals surface area contributed by atoms with E-state index in [1.165, 1.54) is 34.4 Å². The van der Waals surface area contributed by atoms with Crippen LogP contribution >= 0.6 is 27.7 Å². The molecule has 0 aliphatic heterocycles. The Hall–Kier alpha value is 0.01000. The number of unbranched alkanes of at least 4 members (excludes halogenated alkanes) is 1. The molecule has 0 spiro atoms. The molecule has 1 aromatic carbocycles. The summed E-state index contributed by atoms with van der Waals surface area (Å²) in [7, 11) is 0. The summed E-state index contributed by atoms with van der Waals surface area (Å²) in [5, 5.41) is 3.43. The van der Waals surface area contributed by atoms with E-state index in [4.69, 9.17) is 0 Å². The van der Waals surface area contributed by atoms with E-state index in [1.54, 1.807) is 0 Å². The topological polar surface area (TPSA) is 12.0 Å². The van der Waals surface area contributed by atoms with Gasteiger partial charge in [-0.05, 0) is 66.2 Å². The summed E-state index contributed by atoms with van der Waals surface area (Å²) in [6, 6.07) is 8.42. The van der Waals surface area contributed by atoms with E-state index in [1.807, 2.05) is 11.8 Å². The molecule has 0 unspecified atom stereocenters. The molecular weight excluding hydrogens is 282 g/mol. The second-order valence-corrected chi connectivity index (χ2v) is 5.73. The van der Waals surface area contributed by atoms with E-state index in [0.717, 1.165) is 13.1 Å². The van der Waals surface area contributed by atoms with Crippen molar-refractivity contribution < 1.29 is 0 Å². The zero-order chi connectivity index (χ0) is 11.6. The van der Waals surface area contributed by atoms with Crippen molar-refractivity contribution in [3.05, 3.63) is 28.7 Å². The molecule has 0 aromatic heterocycles. The third-order valence-corrected chi connectivity index (χ3v) is 4.38. The quantitative estimate of drug-likeness (QED) is 0.567. The van der Waals surface area contributed by atoms with Gasteiger partial charge in [0.1, 0.15) is 0 Å². The van der Waals surface area contributed by atoms with Crippen LogP contribution in [0.5, 0.6) is 0 Å². The first-order valence-corrected chi connectivity index (χ1v) is 7.70. The second-order valence-electron chi connectivity index (χ2n) is 3.74. The predicted molar refractivity (Wildman–Crippen MR) is 77.3 cm³/mol. The van der Waals surface area contributed by atoms with E-state index in [0.29, 0.717) is 0 Å². The number of benzene rings is 1. The molecule has 0 amide bonds. The van der Waals surface area contributed by atoms with Gasteiger partial charge in [-0.3, -0.25) is 0 Å².